The molecule has 0 nitrogen and oxygen atoms in total. The van der Waals surface area contributed by atoms with E-state index in [9.17, 15) is 0 Å². The Labute approximate surface area is 477 Å². The summed E-state index contributed by atoms with van der Waals surface area (Å²) in [6.45, 7) is 21.9. The Morgan fingerprint density at radius 3 is 0.597 bits per heavy atom. The second kappa shape index (κ2) is 33.0. The van der Waals surface area contributed by atoms with Crippen molar-refractivity contribution in [2.75, 3.05) is 0 Å². The first-order valence-electron chi connectivity index (χ1n) is 24.4. The molecule has 0 aromatic heterocycles. The van der Waals surface area contributed by atoms with E-state index in [-0.39, 0.29) is 35.7 Å². The van der Waals surface area contributed by atoms with E-state index in [0.29, 0.717) is 23.7 Å². The molecule has 0 spiro atoms. The minimum atomic E-state index is -0.122. The van der Waals surface area contributed by atoms with Crippen molar-refractivity contribution in [3.05, 3.63) is 275 Å². The van der Waals surface area contributed by atoms with Crippen LogP contribution in [0.15, 0.2) is 229 Å². The van der Waals surface area contributed by atoms with Crippen molar-refractivity contribution in [2.45, 2.75) is 68.5 Å². The van der Waals surface area contributed by atoms with Gasteiger partial charge in [-0.3, -0.25) is 24.3 Å². The summed E-state index contributed by atoms with van der Waals surface area (Å²) in [5.74, 6) is 1.87. The SMILES string of the molecule is CC1=[C-]C(C)C=C1c1ccccc1.CC1=[C-]C(C)C=C1c1ccccc1.CC1=[C-]C(C)C=C1c1ccccc1.CC1=[C-]C(C)C=C1c1ccccc1.C[Si](=[Zr+2])c1ccccc1.C[Si](=[Zr+2])c1ccccc1.[Cl-].[Cl-]. The molecule has 364 valence electrons. The van der Waals surface area contributed by atoms with Gasteiger partial charge in [-0.25, -0.2) is 22.3 Å². The summed E-state index contributed by atoms with van der Waals surface area (Å²) in [5, 5.41) is 3.11. The van der Waals surface area contributed by atoms with Crippen LogP contribution in [0.3, 0.4) is 0 Å². The first-order valence-corrected chi connectivity index (χ1v) is 35.8. The van der Waals surface area contributed by atoms with E-state index in [1.54, 1.807) is 57.0 Å². The summed E-state index contributed by atoms with van der Waals surface area (Å²) < 4.78 is 0. The van der Waals surface area contributed by atoms with Crippen LogP contribution in [-0.4, -0.2) is 10.9 Å². The summed E-state index contributed by atoms with van der Waals surface area (Å²) >= 11 is 3.38. The molecule has 0 N–H and O–H groups in total. The molecule has 4 atom stereocenters. The molecule has 10 rings (SSSR count). The van der Waals surface area contributed by atoms with Crippen molar-refractivity contribution in [1.29, 1.82) is 0 Å². The second-order valence-corrected chi connectivity index (χ2v) is 32.7. The summed E-state index contributed by atoms with van der Waals surface area (Å²) in [6.07, 6.45) is 22.6. The number of rotatable bonds is 6. The molecule has 6 aromatic rings. The number of allylic oxidation sites excluding steroid dienone is 16. The molecule has 0 saturated carbocycles. The van der Waals surface area contributed by atoms with Gasteiger partial charge >= 0.3 is 142 Å². The average Bonchev–Trinajstić information content (AvgIpc) is 4.13. The third-order valence-corrected chi connectivity index (χ3v) is 18.5. The fourth-order valence-electron chi connectivity index (χ4n) is 8.44. The molecule has 0 heterocycles. The number of hydrogen-bond donors (Lipinski definition) is 0. The van der Waals surface area contributed by atoms with Gasteiger partial charge < -0.3 is 24.8 Å². The van der Waals surface area contributed by atoms with Crippen LogP contribution in [0, 0.1) is 48.0 Å². The van der Waals surface area contributed by atoms with Gasteiger partial charge in [0.25, 0.3) is 0 Å². The van der Waals surface area contributed by atoms with Gasteiger partial charge in [0, 0.05) is 0 Å². The molecule has 0 fully saturated rings. The molecule has 0 bridgehead atoms. The molecule has 0 aliphatic heterocycles. The van der Waals surface area contributed by atoms with Crippen LogP contribution in [-0.2, 0) is 46.7 Å². The minimum Gasteiger partial charge on any atom is -1.00 e. The normalized spacial score (nSPS) is 17.6. The summed E-state index contributed by atoms with van der Waals surface area (Å²) in [6, 6.07) is 63.5. The van der Waals surface area contributed by atoms with Gasteiger partial charge in [0.1, 0.15) is 0 Å². The Morgan fingerprint density at radius 1 is 0.306 bits per heavy atom. The Bertz CT molecular complexity index is 2530. The second-order valence-electron chi connectivity index (χ2n) is 18.0. The smallest absolute Gasteiger partial charge is 1.00 e. The summed E-state index contributed by atoms with van der Waals surface area (Å²) in [4.78, 5) is 0. The monoisotopic (exact) mass is 1170 g/mol. The fraction of sp³-hybridized carbons (Fsp3) is 0.212. The van der Waals surface area contributed by atoms with Crippen LogP contribution in [0.1, 0.15) is 77.6 Å². The van der Waals surface area contributed by atoms with Crippen molar-refractivity contribution >= 4 is 43.5 Å². The molecule has 6 heteroatoms. The van der Waals surface area contributed by atoms with Crippen molar-refractivity contribution < 1.29 is 71.5 Å². The van der Waals surface area contributed by atoms with Gasteiger partial charge in [0.2, 0.25) is 0 Å². The maximum atomic E-state index is 3.39. The third kappa shape index (κ3) is 20.7. The quantitative estimate of drug-likeness (QED) is 0.115. The molecular weight excluding hydrogens is 1100 g/mol. The Morgan fingerprint density at radius 2 is 0.472 bits per heavy atom. The van der Waals surface area contributed by atoms with Crippen LogP contribution in [0.4, 0.5) is 0 Å². The minimum absolute atomic E-state index is 0. The molecule has 72 heavy (non-hydrogen) atoms. The Kier molecular flexibility index (Phi) is 28.6. The topological polar surface area (TPSA) is 0 Å². The van der Waals surface area contributed by atoms with Crippen molar-refractivity contribution in [2.24, 2.45) is 23.7 Å². The predicted octanol–water partition coefficient (Wildman–Crippen LogP) is 10.0. The average molecular weight is 1170 g/mol. The van der Waals surface area contributed by atoms with E-state index < -0.39 is 0 Å². The fourth-order valence-corrected chi connectivity index (χ4v) is 12.3. The predicted molar refractivity (Wildman–Crippen MR) is 299 cm³/mol. The first kappa shape index (κ1) is 62.3. The Balaban J connectivity index is 0.000000228. The molecule has 0 radical (unpaired) electrons. The van der Waals surface area contributed by atoms with E-state index in [1.807, 2.05) is 24.3 Å². The van der Waals surface area contributed by atoms with E-state index in [1.165, 1.54) is 66.8 Å². The Hall–Kier alpha value is -3.98. The number of benzene rings is 6. The zero-order valence-corrected chi connectivity index (χ0v) is 52.1. The van der Waals surface area contributed by atoms with Crippen LogP contribution < -0.4 is 35.2 Å². The number of halogens is 2. The molecule has 4 aliphatic carbocycles. The zero-order valence-electron chi connectivity index (χ0n) is 43.7. The van der Waals surface area contributed by atoms with Crippen LogP contribution >= 0.6 is 0 Å². The summed E-state index contributed by atoms with van der Waals surface area (Å²) in [7, 11) is 0. The number of hydrogen-bond acceptors (Lipinski definition) is 0. The molecule has 0 amide bonds. The maximum Gasteiger partial charge on any atom is -1.00 e. The third-order valence-electron chi connectivity index (χ3n) is 11.8. The van der Waals surface area contributed by atoms with Crippen molar-refractivity contribution in [3.63, 3.8) is 0 Å². The van der Waals surface area contributed by atoms with Crippen LogP contribution in [0.2, 0.25) is 13.1 Å². The first-order chi connectivity index (χ1) is 33.7. The van der Waals surface area contributed by atoms with E-state index in [4.69, 9.17) is 0 Å². The van der Waals surface area contributed by atoms with Crippen LogP contribution in [0.5, 0.6) is 0 Å². The van der Waals surface area contributed by atoms with E-state index in [0.717, 1.165) is 0 Å². The van der Waals surface area contributed by atoms with Crippen molar-refractivity contribution in [3.8, 4) is 0 Å². The molecule has 4 unspecified atom stereocenters. The van der Waals surface area contributed by atoms with E-state index in [2.05, 4.69) is 275 Å². The van der Waals surface area contributed by atoms with Crippen LogP contribution in [0.25, 0.3) is 22.3 Å². The molecular formula is C66H68Cl2Si2Zr2-2. The van der Waals surface area contributed by atoms with Gasteiger partial charge in [0.05, 0.1) is 0 Å². The molecule has 4 aliphatic rings. The van der Waals surface area contributed by atoms with Gasteiger partial charge in [-0.2, -0.15) is 46.6 Å². The van der Waals surface area contributed by atoms with Gasteiger partial charge in [0.15, 0.2) is 0 Å². The van der Waals surface area contributed by atoms with Gasteiger partial charge in [-0.05, 0) is 0 Å². The summed E-state index contributed by atoms with van der Waals surface area (Å²) in [5.41, 5.74) is 15.4. The van der Waals surface area contributed by atoms with Gasteiger partial charge in [-0.1, -0.05) is 200 Å². The largest absolute Gasteiger partial charge is 1.00 e. The van der Waals surface area contributed by atoms with Crippen molar-refractivity contribution in [1.82, 2.24) is 0 Å². The van der Waals surface area contributed by atoms with Gasteiger partial charge in [-0.15, -0.1) is 22.3 Å². The molecule has 0 saturated heterocycles. The molecule has 6 aromatic carbocycles. The zero-order chi connectivity index (χ0) is 50.4. The standard InChI is InChI=1S/4C13H13.2C7H8Si.2ClH.2Zr/c4*1-10-8-11(2)13(9-10)12-6-4-3-5-7-12;2*1-8-7-5-3-2-4-6-7;;;;/h4*3-7,9-10H,1-2H3;2*2-6H,1H3;2*1H;;/q4*-1;;;;;2*+2/p-2. The maximum absolute atomic E-state index is 3.39. The van der Waals surface area contributed by atoms with E-state index >= 15 is 0 Å².